The number of ether oxygens (including phenoxy) is 2. The molecule has 0 saturated heterocycles. The number of phenols is 1. The van der Waals surface area contributed by atoms with Crippen molar-refractivity contribution in [1.29, 1.82) is 0 Å². The summed E-state index contributed by atoms with van der Waals surface area (Å²) < 4.78 is 16.8. The summed E-state index contributed by atoms with van der Waals surface area (Å²) in [5.74, 6) is 0.0523. The van der Waals surface area contributed by atoms with Gasteiger partial charge in [0, 0.05) is 20.3 Å². The second-order valence-corrected chi connectivity index (χ2v) is 8.04. The fourth-order valence-corrected chi connectivity index (χ4v) is 4.40. The predicted molar refractivity (Wildman–Crippen MR) is 121 cm³/mol. The van der Waals surface area contributed by atoms with Crippen molar-refractivity contribution in [3.8, 4) is 11.5 Å². The fraction of sp³-hybridized carbons (Fsp3) is 0.360. The van der Waals surface area contributed by atoms with Crippen LogP contribution in [-0.2, 0) is 4.74 Å². The summed E-state index contributed by atoms with van der Waals surface area (Å²) >= 11 is 0. The Balaban J connectivity index is 1.95. The van der Waals surface area contributed by atoms with Gasteiger partial charge in [-0.15, -0.1) is 0 Å². The van der Waals surface area contributed by atoms with Crippen LogP contribution in [0.2, 0.25) is 0 Å². The zero-order valence-electron chi connectivity index (χ0n) is 18.7. The minimum absolute atomic E-state index is 0.00266. The molecule has 0 radical (unpaired) electrons. The highest BCUT2D eigenvalue weighted by Crippen LogP contribution is 2.41. The van der Waals surface area contributed by atoms with E-state index in [1.807, 2.05) is 26.8 Å². The van der Waals surface area contributed by atoms with Crippen LogP contribution in [0.4, 0.5) is 0 Å². The zero-order chi connectivity index (χ0) is 23.0. The molecule has 7 nitrogen and oxygen atoms in total. The van der Waals surface area contributed by atoms with Crippen molar-refractivity contribution in [2.24, 2.45) is 0 Å². The van der Waals surface area contributed by atoms with Crippen LogP contribution in [0.25, 0.3) is 11.0 Å². The van der Waals surface area contributed by atoms with Crippen molar-refractivity contribution in [2.75, 3.05) is 26.9 Å². The monoisotopic (exact) mass is 437 g/mol. The molecule has 1 aliphatic heterocycles. The summed E-state index contributed by atoms with van der Waals surface area (Å²) in [5, 5.41) is 10.6. The first kappa shape index (κ1) is 21.9. The van der Waals surface area contributed by atoms with Crippen molar-refractivity contribution in [1.82, 2.24) is 4.90 Å². The molecule has 0 bridgehead atoms. The molecular formula is C25H27NO6. The van der Waals surface area contributed by atoms with Gasteiger partial charge in [-0.3, -0.25) is 9.59 Å². The van der Waals surface area contributed by atoms with Gasteiger partial charge in [-0.1, -0.05) is 12.1 Å². The SMILES string of the molecule is CCOc1cc(C2c3c(oc4c(C)cc(C)cc4c3=O)C(=O)N2CCCOC)ccc1O. The minimum atomic E-state index is -0.643. The lowest BCUT2D eigenvalue weighted by Crippen LogP contribution is -2.31. The number of fused-ring (bicyclic) bond motifs is 2. The predicted octanol–water partition coefficient (Wildman–Crippen LogP) is 4.10. The lowest BCUT2D eigenvalue weighted by atomic mass is 9.97. The van der Waals surface area contributed by atoms with Crippen molar-refractivity contribution < 1.29 is 23.8 Å². The largest absolute Gasteiger partial charge is 0.504 e. The Hall–Kier alpha value is -3.32. The molecule has 1 unspecified atom stereocenters. The van der Waals surface area contributed by atoms with Gasteiger partial charge in [-0.25, -0.2) is 0 Å². The average Bonchev–Trinajstić information content (AvgIpc) is 3.03. The Morgan fingerprint density at radius 2 is 1.94 bits per heavy atom. The number of amides is 1. The number of aryl methyl sites for hydroxylation is 2. The lowest BCUT2D eigenvalue weighted by Gasteiger charge is -2.25. The van der Waals surface area contributed by atoms with Gasteiger partial charge in [-0.2, -0.15) is 0 Å². The van der Waals surface area contributed by atoms with E-state index in [9.17, 15) is 14.7 Å². The van der Waals surface area contributed by atoms with E-state index in [-0.39, 0.29) is 22.8 Å². The summed E-state index contributed by atoms with van der Waals surface area (Å²) in [4.78, 5) is 28.7. The Morgan fingerprint density at radius 1 is 1.16 bits per heavy atom. The van der Waals surface area contributed by atoms with Gasteiger partial charge in [0.05, 0.1) is 23.6 Å². The van der Waals surface area contributed by atoms with Crippen LogP contribution in [0.5, 0.6) is 11.5 Å². The molecule has 7 heteroatoms. The Bertz CT molecular complexity index is 1250. The van der Waals surface area contributed by atoms with Crippen LogP contribution in [0.15, 0.2) is 39.5 Å². The molecule has 1 atom stereocenters. The van der Waals surface area contributed by atoms with Gasteiger partial charge in [0.2, 0.25) is 5.76 Å². The molecule has 2 heterocycles. The molecule has 2 aromatic carbocycles. The van der Waals surface area contributed by atoms with Gasteiger partial charge < -0.3 is 23.9 Å². The molecular weight excluding hydrogens is 410 g/mol. The van der Waals surface area contributed by atoms with E-state index in [1.165, 1.54) is 6.07 Å². The maximum atomic E-state index is 13.7. The third-order valence-corrected chi connectivity index (χ3v) is 5.74. The lowest BCUT2D eigenvalue weighted by molar-refractivity contribution is 0.0707. The molecule has 0 fully saturated rings. The summed E-state index contributed by atoms with van der Waals surface area (Å²) in [6.45, 7) is 6.86. The van der Waals surface area contributed by atoms with Gasteiger partial charge in [-0.05, 0) is 62.1 Å². The molecule has 4 rings (SSSR count). The Morgan fingerprint density at radius 3 is 2.66 bits per heavy atom. The highest BCUT2D eigenvalue weighted by atomic mass is 16.5. The van der Waals surface area contributed by atoms with E-state index in [1.54, 1.807) is 30.2 Å². The van der Waals surface area contributed by atoms with Crippen molar-refractivity contribution in [3.05, 3.63) is 68.6 Å². The number of benzene rings is 2. The third-order valence-electron chi connectivity index (χ3n) is 5.74. The highest BCUT2D eigenvalue weighted by molar-refractivity contribution is 5.99. The molecule has 1 aromatic heterocycles. The molecule has 3 aromatic rings. The number of carbonyl (C=O) groups is 1. The van der Waals surface area contributed by atoms with Crippen molar-refractivity contribution >= 4 is 16.9 Å². The molecule has 0 spiro atoms. The van der Waals surface area contributed by atoms with Crippen LogP contribution < -0.4 is 10.2 Å². The summed E-state index contributed by atoms with van der Waals surface area (Å²) in [6, 6.07) is 7.99. The van der Waals surface area contributed by atoms with Crippen LogP contribution in [0.1, 0.15) is 52.2 Å². The second kappa shape index (κ2) is 8.67. The van der Waals surface area contributed by atoms with E-state index in [4.69, 9.17) is 13.9 Å². The quantitative estimate of drug-likeness (QED) is 0.560. The Kier molecular flexibility index (Phi) is 5.93. The topological polar surface area (TPSA) is 89.2 Å². The minimum Gasteiger partial charge on any atom is -0.504 e. The third kappa shape index (κ3) is 3.62. The van der Waals surface area contributed by atoms with Crippen molar-refractivity contribution in [2.45, 2.75) is 33.2 Å². The standard InChI is InChI=1S/C25H27NO6/c1-5-31-19-13-16(7-8-18(19)27)21-20-22(28)17-12-14(2)11-15(3)23(17)32-24(20)25(29)26(21)9-6-10-30-4/h7-8,11-13,21,27H,5-6,9-10H2,1-4H3. The van der Waals surface area contributed by atoms with E-state index in [0.29, 0.717) is 54.0 Å². The molecule has 1 aliphatic rings. The first-order chi connectivity index (χ1) is 15.4. The summed E-state index contributed by atoms with van der Waals surface area (Å²) in [7, 11) is 1.61. The number of rotatable bonds is 7. The molecule has 1 amide bonds. The van der Waals surface area contributed by atoms with E-state index in [2.05, 4.69) is 0 Å². The molecule has 32 heavy (non-hydrogen) atoms. The smallest absolute Gasteiger partial charge is 0.290 e. The molecule has 168 valence electrons. The number of nitrogens with zero attached hydrogens (tertiary/aromatic N) is 1. The number of phenolic OH excluding ortho intramolecular Hbond substituents is 1. The fourth-order valence-electron chi connectivity index (χ4n) is 4.40. The second-order valence-electron chi connectivity index (χ2n) is 8.04. The highest BCUT2D eigenvalue weighted by Gasteiger charge is 2.42. The number of carbonyl (C=O) groups excluding carboxylic acids is 1. The number of aromatic hydroxyl groups is 1. The first-order valence-electron chi connectivity index (χ1n) is 10.7. The summed E-state index contributed by atoms with van der Waals surface area (Å²) in [6.07, 6.45) is 0.606. The van der Waals surface area contributed by atoms with E-state index in [0.717, 1.165) is 11.1 Å². The number of hydrogen-bond donors (Lipinski definition) is 1. The van der Waals surface area contributed by atoms with Crippen molar-refractivity contribution in [3.63, 3.8) is 0 Å². The van der Waals surface area contributed by atoms with Crippen LogP contribution >= 0.6 is 0 Å². The van der Waals surface area contributed by atoms with Gasteiger partial charge in [0.25, 0.3) is 5.91 Å². The first-order valence-corrected chi connectivity index (χ1v) is 10.7. The zero-order valence-corrected chi connectivity index (χ0v) is 18.7. The molecule has 0 saturated carbocycles. The number of methoxy groups -OCH3 is 1. The van der Waals surface area contributed by atoms with Crippen LogP contribution in [0.3, 0.4) is 0 Å². The maximum absolute atomic E-state index is 13.7. The Labute approximate surface area is 186 Å². The molecule has 0 aliphatic carbocycles. The van der Waals surface area contributed by atoms with E-state index < -0.39 is 6.04 Å². The normalized spacial score (nSPS) is 15.4. The van der Waals surface area contributed by atoms with Crippen LogP contribution in [0, 0.1) is 13.8 Å². The number of hydrogen-bond acceptors (Lipinski definition) is 6. The van der Waals surface area contributed by atoms with Gasteiger partial charge >= 0.3 is 0 Å². The van der Waals surface area contributed by atoms with Gasteiger partial charge in [0.15, 0.2) is 16.9 Å². The maximum Gasteiger partial charge on any atom is 0.290 e. The van der Waals surface area contributed by atoms with Crippen LogP contribution in [-0.4, -0.2) is 42.8 Å². The van der Waals surface area contributed by atoms with Gasteiger partial charge in [0.1, 0.15) is 5.58 Å². The molecule has 1 N–H and O–H groups in total. The van der Waals surface area contributed by atoms with E-state index >= 15 is 0 Å². The summed E-state index contributed by atoms with van der Waals surface area (Å²) in [5.41, 5.74) is 2.97. The average molecular weight is 437 g/mol.